The Morgan fingerprint density at radius 1 is 1.39 bits per heavy atom. The number of ether oxygens (including phenoxy) is 1. The lowest BCUT2D eigenvalue weighted by molar-refractivity contribution is 0.00883. The maximum Gasteiger partial charge on any atom is 0.125 e. The molecule has 1 aliphatic heterocycles. The maximum atomic E-state index is 5.94. The Balaban J connectivity index is 1.45. The second-order valence-corrected chi connectivity index (χ2v) is 5.50. The summed E-state index contributed by atoms with van der Waals surface area (Å²) in [5.74, 6) is 0.844. The number of hydrogen-bond acceptors (Lipinski definition) is 6. The van der Waals surface area contributed by atoms with Gasteiger partial charge in [0, 0.05) is 31.5 Å². The summed E-state index contributed by atoms with van der Waals surface area (Å²) >= 11 is 0. The first-order chi connectivity index (χ1) is 11.3. The Hall–Kier alpha value is -2.74. The largest absolute Gasteiger partial charge is 0.368 e. The molecule has 118 valence electrons. The van der Waals surface area contributed by atoms with Gasteiger partial charge in [-0.15, -0.1) is 5.10 Å². The van der Waals surface area contributed by atoms with E-state index in [4.69, 9.17) is 4.74 Å². The number of aryl methyl sites for hydroxylation is 1. The number of fused-ring (bicyclic) bond motifs is 1. The van der Waals surface area contributed by atoms with Gasteiger partial charge in [0.2, 0.25) is 0 Å². The van der Waals surface area contributed by atoms with Crippen LogP contribution in [0.1, 0.15) is 5.69 Å². The predicted octanol–water partition coefficient (Wildman–Crippen LogP) is 1.08. The highest BCUT2D eigenvalue weighted by Crippen LogP contribution is 2.24. The number of rotatable bonds is 4. The van der Waals surface area contributed by atoms with Crippen molar-refractivity contribution in [2.45, 2.75) is 19.3 Å². The zero-order chi connectivity index (χ0) is 15.6. The van der Waals surface area contributed by atoms with Crippen molar-refractivity contribution in [3.8, 4) is 11.3 Å². The summed E-state index contributed by atoms with van der Waals surface area (Å²) in [7, 11) is 1.88. The van der Waals surface area contributed by atoms with E-state index in [9.17, 15) is 0 Å². The lowest BCUT2D eigenvalue weighted by atomic mass is 10.2. The van der Waals surface area contributed by atoms with Gasteiger partial charge in [-0.1, -0.05) is 11.3 Å². The molecule has 8 nitrogen and oxygen atoms in total. The normalized spacial score (nSPS) is 17.0. The average molecular weight is 311 g/mol. The van der Waals surface area contributed by atoms with Gasteiger partial charge in [-0.25, -0.2) is 9.67 Å². The summed E-state index contributed by atoms with van der Waals surface area (Å²) < 4.78 is 9.60. The third kappa shape index (κ3) is 2.80. The molecule has 1 atom stereocenters. The zero-order valence-electron chi connectivity index (χ0n) is 12.8. The van der Waals surface area contributed by atoms with Crippen LogP contribution in [0.3, 0.4) is 0 Å². The molecule has 0 bridgehead atoms. The molecule has 0 radical (unpaired) electrons. The van der Waals surface area contributed by atoms with E-state index in [0.717, 1.165) is 22.8 Å². The SMILES string of the molecule is Cn1cc(-c2nnn3c2COC(CNc2ccccn2)C3)cn1. The van der Waals surface area contributed by atoms with E-state index in [1.807, 2.05) is 36.1 Å². The average Bonchev–Trinajstić information content (AvgIpc) is 3.19. The van der Waals surface area contributed by atoms with E-state index in [-0.39, 0.29) is 6.10 Å². The second-order valence-electron chi connectivity index (χ2n) is 5.50. The lowest BCUT2D eigenvalue weighted by Crippen LogP contribution is -2.33. The Morgan fingerprint density at radius 2 is 2.35 bits per heavy atom. The Labute approximate surface area is 133 Å². The van der Waals surface area contributed by atoms with E-state index < -0.39 is 0 Å². The molecule has 1 N–H and O–H groups in total. The minimum Gasteiger partial charge on any atom is -0.368 e. The number of nitrogens with zero attached hydrogens (tertiary/aromatic N) is 6. The second kappa shape index (κ2) is 5.81. The zero-order valence-corrected chi connectivity index (χ0v) is 12.8. The fourth-order valence-electron chi connectivity index (χ4n) is 2.64. The molecule has 4 rings (SSSR count). The van der Waals surface area contributed by atoms with Crippen LogP contribution in [0.5, 0.6) is 0 Å². The topological polar surface area (TPSA) is 82.7 Å². The van der Waals surface area contributed by atoms with E-state index in [2.05, 4.69) is 25.7 Å². The monoisotopic (exact) mass is 311 g/mol. The van der Waals surface area contributed by atoms with Gasteiger partial charge < -0.3 is 10.1 Å². The summed E-state index contributed by atoms with van der Waals surface area (Å²) in [6, 6.07) is 5.78. The highest BCUT2D eigenvalue weighted by Gasteiger charge is 2.24. The highest BCUT2D eigenvalue weighted by molar-refractivity contribution is 5.59. The van der Waals surface area contributed by atoms with Crippen molar-refractivity contribution in [2.24, 2.45) is 7.05 Å². The van der Waals surface area contributed by atoms with E-state index in [1.165, 1.54) is 0 Å². The summed E-state index contributed by atoms with van der Waals surface area (Å²) in [6.45, 7) is 1.84. The predicted molar refractivity (Wildman–Crippen MR) is 83.5 cm³/mol. The standard InChI is InChI=1S/C15H17N7O/c1-21-8-11(6-18-21)15-13-10-23-12(9-22(13)20-19-15)7-17-14-4-2-3-5-16-14/h2-6,8,12H,7,9-10H2,1H3,(H,16,17). The molecule has 3 aromatic heterocycles. The fourth-order valence-corrected chi connectivity index (χ4v) is 2.64. The van der Waals surface area contributed by atoms with Crippen molar-refractivity contribution in [1.29, 1.82) is 0 Å². The molecule has 0 amide bonds. The summed E-state index contributed by atoms with van der Waals surface area (Å²) in [4.78, 5) is 4.24. The van der Waals surface area contributed by atoms with Crippen molar-refractivity contribution in [1.82, 2.24) is 29.8 Å². The first kappa shape index (κ1) is 13.9. The molecule has 4 heterocycles. The van der Waals surface area contributed by atoms with Gasteiger partial charge in [0.15, 0.2) is 0 Å². The van der Waals surface area contributed by atoms with Crippen molar-refractivity contribution in [3.63, 3.8) is 0 Å². The third-order valence-corrected chi connectivity index (χ3v) is 3.82. The lowest BCUT2D eigenvalue weighted by Gasteiger charge is -2.24. The first-order valence-electron chi connectivity index (χ1n) is 7.47. The van der Waals surface area contributed by atoms with E-state index in [1.54, 1.807) is 17.1 Å². The first-order valence-corrected chi connectivity index (χ1v) is 7.47. The van der Waals surface area contributed by atoms with Crippen LogP contribution < -0.4 is 5.32 Å². The molecule has 0 aliphatic carbocycles. The van der Waals surface area contributed by atoms with Gasteiger partial charge in [-0.05, 0) is 12.1 Å². The van der Waals surface area contributed by atoms with Crippen LogP contribution in [-0.4, -0.2) is 42.4 Å². The van der Waals surface area contributed by atoms with Gasteiger partial charge in [0.1, 0.15) is 11.5 Å². The molecular formula is C15H17N7O. The van der Waals surface area contributed by atoms with E-state index >= 15 is 0 Å². The van der Waals surface area contributed by atoms with Gasteiger partial charge in [0.05, 0.1) is 31.1 Å². The minimum absolute atomic E-state index is 0.0351. The van der Waals surface area contributed by atoms with E-state index in [0.29, 0.717) is 19.7 Å². The molecule has 3 aromatic rings. The number of nitrogens with one attached hydrogen (secondary N) is 1. The van der Waals surface area contributed by atoms with Gasteiger partial charge in [-0.2, -0.15) is 5.10 Å². The van der Waals surface area contributed by atoms with Crippen LogP contribution in [0.25, 0.3) is 11.3 Å². The van der Waals surface area contributed by atoms with Crippen LogP contribution in [0.2, 0.25) is 0 Å². The summed E-state index contributed by atoms with van der Waals surface area (Å²) in [6.07, 6.45) is 5.52. The van der Waals surface area contributed by atoms with Crippen LogP contribution >= 0.6 is 0 Å². The molecule has 1 unspecified atom stereocenters. The highest BCUT2D eigenvalue weighted by atomic mass is 16.5. The summed E-state index contributed by atoms with van der Waals surface area (Å²) in [5, 5.41) is 16.0. The molecule has 0 saturated heterocycles. The Morgan fingerprint density at radius 3 is 3.13 bits per heavy atom. The number of pyridine rings is 1. The van der Waals surface area contributed by atoms with Gasteiger partial charge in [-0.3, -0.25) is 4.68 Å². The van der Waals surface area contributed by atoms with Crippen LogP contribution in [0.15, 0.2) is 36.8 Å². The smallest absolute Gasteiger partial charge is 0.125 e. The Bertz CT molecular complexity index is 795. The number of aromatic nitrogens is 6. The van der Waals surface area contributed by atoms with Gasteiger partial charge in [0.25, 0.3) is 0 Å². The molecule has 0 aromatic carbocycles. The quantitative estimate of drug-likeness (QED) is 0.776. The van der Waals surface area contributed by atoms with Crippen molar-refractivity contribution < 1.29 is 4.74 Å². The fraction of sp³-hybridized carbons (Fsp3) is 0.333. The molecule has 0 spiro atoms. The van der Waals surface area contributed by atoms with Crippen molar-refractivity contribution in [2.75, 3.05) is 11.9 Å². The molecule has 0 fully saturated rings. The van der Waals surface area contributed by atoms with Crippen LogP contribution in [0, 0.1) is 0 Å². The number of hydrogen-bond donors (Lipinski definition) is 1. The van der Waals surface area contributed by atoms with Crippen LogP contribution in [0.4, 0.5) is 5.82 Å². The molecule has 23 heavy (non-hydrogen) atoms. The van der Waals surface area contributed by atoms with Gasteiger partial charge >= 0.3 is 0 Å². The molecular weight excluding hydrogens is 294 g/mol. The number of anilines is 1. The third-order valence-electron chi connectivity index (χ3n) is 3.82. The Kier molecular flexibility index (Phi) is 3.51. The molecule has 8 heteroatoms. The molecule has 0 saturated carbocycles. The summed E-state index contributed by atoms with van der Waals surface area (Å²) in [5.41, 5.74) is 2.80. The van der Waals surface area contributed by atoms with Crippen molar-refractivity contribution >= 4 is 5.82 Å². The minimum atomic E-state index is 0.0351. The van der Waals surface area contributed by atoms with Crippen molar-refractivity contribution in [3.05, 3.63) is 42.5 Å². The molecule has 1 aliphatic rings. The maximum absolute atomic E-state index is 5.94. The van der Waals surface area contributed by atoms with Crippen LogP contribution in [-0.2, 0) is 24.9 Å².